The summed E-state index contributed by atoms with van der Waals surface area (Å²) in [6.45, 7) is 4.76. The first-order valence-electron chi connectivity index (χ1n) is 9.38. The van der Waals surface area contributed by atoms with Gasteiger partial charge in [-0.15, -0.1) is 13.2 Å². The Balaban J connectivity index is 1.37. The van der Waals surface area contributed by atoms with E-state index < -0.39 is 12.3 Å². The maximum Gasteiger partial charge on any atom is 0.573 e. The fraction of sp³-hybridized carbons (Fsp3) is 0.368. The molecule has 11 heteroatoms. The molecular formula is C19H20F3N5O3. The lowest BCUT2D eigenvalue weighted by atomic mass is 10.2. The summed E-state index contributed by atoms with van der Waals surface area (Å²) >= 11 is 0. The maximum atomic E-state index is 12.5. The van der Waals surface area contributed by atoms with Crippen molar-refractivity contribution >= 4 is 22.5 Å². The van der Waals surface area contributed by atoms with Crippen molar-refractivity contribution in [2.24, 2.45) is 0 Å². The number of nitrogens with zero attached hydrogens (tertiary/aromatic N) is 3. The van der Waals surface area contributed by atoms with Crippen LogP contribution in [0, 0.1) is 0 Å². The Kier molecular flexibility index (Phi) is 5.64. The molecule has 3 aromatic rings. The lowest BCUT2D eigenvalue weighted by Crippen LogP contribution is -2.38. The molecule has 0 aliphatic carbocycles. The molecule has 0 saturated carbocycles. The van der Waals surface area contributed by atoms with Crippen LogP contribution in [0.15, 0.2) is 36.7 Å². The number of hydrogen-bond acceptors (Lipinski definition) is 5. The number of aromatic amines is 1. The molecule has 160 valence electrons. The molecule has 3 heterocycles. The first kappa shape index (κ1) is 20.2. The zero-order valence-electron chi connectivity index (χ0n) is 15.9. The average Bonchev–Trinajstić information content (AvgIpc) is 3.32. The van der Waals surface area contributed by atoms with E-state index in [0.29, 0.717) is 23.1 Å². The van der Waals surface area contributed by atoms with Crippen LogP contribution in [0.4, 0.5) is 18.9 Å². The van der Waals surface area contributed by atoms with Gasteiger partial charge in [-0.05, 0) is 18.2 Å². The predicted molar refractivity (Wildman–Crippen MR) is 102 cm³/mol. The van der Waals surface area contributed by atoms with Gasteiger partial charge in [-0.1, -0.05) is 0 Å². The third kappa shape index (κ3) is 5.10. The van der Waals surface area contributed by atoms with Crippen LogP contribution in [0.1, 0.15) is 10.5 Å². The van der Waals surface area contributed by atoms with E-state index >= 15 is 0 Å². The van der Waals surface area contributed by atoms with E-state index in [-0.39, 0.29) is 11.4 Å². The maximum absolute atomic E-state index is 12.5. The Bertz CT molecular complexity index is 1020. The van der Waals surface area contributed by atoms with E-state index in [9.17, 15) is 18.0 Å². The molecule has 1 fully saturated rings. The molecule has 1 aromatic carbocycles. The molecule has 0 bridgehead atoms. The molecule has 8 nitrogen and oxygen atoms in total. The third-order valence-corrected chi connectivity index (χ3v) is 4.71. The van der Waals surface area contributed by atoms with E-state index in [4.69, 9.17) is 4.74 Å². The van der Waals surface area contributed by atoms with Gasteiger partial charge < -0.3 is 19.8 Å². The Morgan fingerprint density at radius 1 is 1.23 bits per heavy atom. The highest BCUT2D eigenvalue weighted by atomic mass is 19.4. The normalized spacial score (nSPS) is 15.4. The number of fused-ring (bicyclic) bond motifs is 1. The molecule has 1 amide bonds. The first-order chi connectivity index (χ1) is 14.4. The number of rotatable bonds is 6. The van der Waals surface area contributed by atoms with Gasteiger partial charge in [-0.25, -0.2) is 0 Å². The summed E-state index contributed by atoms with van der Waals surface area (Å²) in [5, 5.41) is 7.57. The Morgan fingerprint density at radius 3 is 2.80 bits per heavy atom. The first-order valence-corrected chi connectivity index (χ1v) is 9.38. The average molecular weight is 423 g/mol. The number of anilines is 1. The van der Waals surface area contributed by atoms with Gasteiger partial charge in [0.25, 0.3) is 5.91 Å². The lowest BCUT2D eigenvalue weighted by Gasteiger charge is -2.26. The topological polar surface area (TPSA) is 84.4 Å². The number of alkyl halides is 3. The molecule has 0 spiro atoms. The highest BCUT2D eigenvalue weighted by Gasteiger charge is 2.31. The van der Waals surface area contributed by atoms with Crippen LogP contribution < -0.4 is 10.1 Å². The van der Waals surface area contributed by atoms with Crippen molar-refractivity contribution in [1.82, 2.24) is 19.7 Å². The number of H-pyrrole nitrogens is 1. The minimum Gasteiger partial charge on any atom is -0.406 e. The van der Waals surface area contributed by atoms with Crippen molar-refractivity contribution in [2.45, 2.75) is 12.9 Å². The van der Waals surface area contributed by atoms with E-state index in [1.54, 1.807) is 23.1 Å². The second-order valence-corrected chi connectivity index (χ2v) is 6.88. The van der Waals surface area contributed by atoms with Crippen molar-refractivity contribution in [3.63, 3.8) is 0 Å². The molecular weight excluding hydrogens is 403 g/mol. The Morgan fingerprint density at radius 2 is 2.03 bits per heavy atom. The van der Waals surface area contributed by atoms with Crippen LogP contribution >= 0.6 is 0 Å². The van der Waals surface area contributed by atoms with Gasteiger partial charge in [0, 0.05) is 42.8 Å². The fourth-order valence-electron chi connectivity index (χ4n) is 3.24. The van der Waals surface area contributed by atoms with Gasteiger partial charge >= 0.3 is 6.36 Å². The molecule has 0 unspecified atom stereocenters. The third-order valence-electron chi connectivity index (χ3n) is 4.71. The number of benzene rings is 1. The number of hydrogen-bond donors (Lipinski definition) is 2. The molecule has 2 N–H and O–H groups in total. The molecule has 1 aliphatic heterocycles. The van der Waals surface area contributed by atoms with Crippen molar-refractivity contribution in [1.29, 1.82) is 0 Å². The molecule has 0 radical (unpaired) electrons. The predicted octanol–water partition coefficient (Wildman–Crippen LogP) is 2.85. The van der Waals surface area contributed by atoms with Crippen LogP contribution in [-0.2, 0) is 11.3 Å². The van der Waals surface area contributed by atoms with Gasteiger partial charge in [-0.3, -0.25) is 14.4 Å². The highest BCUT2D eigenvalue weighted by Crippen LogP contribution is 2.27. The fourth-order valence-corrected chi connectivity index (χ4v) is 3.24. The summed E-state index contributed by atoms with van der Waals surface area (Å²) in [4.78, 5) is 17.6. The lowest BCUT2D eigenvalue weighted by molar-refractivity contribution is -0.274. The van der Waals surface area contributed by atoms with Crippen LogP contribution in [0.25, 0.3) is 10.9 Å². The van der Waals surface area contributed by atoms with Crippen molar-refractivity contribution < 1.29 is 27.4 Å². The number of amides is 1. The minimum absolute atomic E-state index is 0.218. The number of carbonyl (C=O) groups is 1. The smallest absolute Gasteiger partial charge is 0.406 e. The number of ether oxygens (including phenoxy) is 2. The number of aromatic nitrogens is 3. The summed E-state index contributed by atoms with van der Waals surface area (Å²) in [6, 6.07) is 5.41. The second kappa shape index (κ2) is 8.36. The minimum atomic E-state index is -4.78. The molecule has 0 atom stereocenters. The zero-order valence-corrected chi connectivity index (χ0v) is 15.9. The van der Waals surface area contributed by atoms with E-state index in [2.05, 4.69) is 25.0 Å². The van der Waals surface area contributed by atoms with Gasteiger partial charge in [0.1, 0.15) is 11.4 Å². The standard InChI is InChI=1S/C19H20F3N5O3/c20-19(21,22)30-15-2-1-13-9-17(25-16(13)10-15)18(28)24-14-11-23-27(12-14)4-3-26-5-7-29-8-6-26/h1-2,9-12,25H,3-8H2,(H,24,28). The summed E-state index contributed by atoms with van der Waals surface area (Å²) in [6.07, 6.45) is -1.49. The molecule has 4 rings (SSSR count). The van der Waals surface area contributed by atoms with Crippen molar-refractivity contribution in [2.75, 3.05) is 38.2 Å². The van der Waals surface area contributed by atoms with Gasteiger partial charge in [0.15, 0.2) is 0 Å². The highest BCUT2D eigenvalue weighted by molar-refractivity contribution is 6.05. The summed E-state index contributed by atoms with van der Waals surface area (Å²) in [5.74, 6) is -0.775. The summed E-state index contributed by atoms with van der Waals surface area (Å²) < 4.78 is 48.1. The Hall–Kier alpha value is -3.05. The molecule has 2 aromatic heterocycles. The summed E-state index contributed by atoms with van der Waals surface area (Å²) in [5.41, 5.74) is 1.11. The van der Waals surface area contributed by atoms with Gasteiger partial charge in [0.05, 0.1) is 31.6 Å². The second-order valence-electron chi connectivity index (χ2n) is 6.88. The van der Waals surface area contributed by atoms with Gasteiger partial charge in [0.2, 0.25) is 0 Å². The van der Waals surface area contributed by atoms with Gasteiger partial charge in [-0.2, -0.15) is 5.10 Å². The van der Waals surface area contributed by atoms with E-state index in [0.717, 1.165) is 32.8 Å². The van der Waals surface area contributed by atoms with E-state index in [1.165, 1.54) is 18.2 Å². The quantitative estimate of drug-likeness (QED) is 0.637. The zero-order chi connectivity index (χ0) is 21.1. The molecule has 1 aliphatic rings. The largest absolute Gasteiger partial charge is 0.573 e. The van der Waals surface area contributed by atoms with Crippen molar-refractivity contribution in [3.05, 3.63) is 42.4 Å². The number of carbonyl (C=O) groups excluding carboxylic acids is 1. The SMILES string of the molecule is O=C(Nc1cnn(CCN2CCOCC2)c1)c1cc2ccc(OC(F)(F)F)cc2[nH]1. The monoisotopic (exact) mass is 423 g/mol. The van der Waals surface area contributed by atoms with Crippen molar-refractivity contribution in [3.8, 4) is 5.75 Å². The number of morpholine rings is 1. The number of nitrogens with one attached hydrogen (secondary N) is 2. The molecule has 30 heavy (non-hydrogen) atoms. The summed E-state index contributed by atoms with van der Waals surface area (Å²) in [7, 11) is 0. The van der Waals surface area contributed by atoms with Crippen LogP contribution in [0.3, 0.4) is 0 Å². The molecule has 1 saturated heterocycles. The number of halogens is 3. The van der Waals surface area contributed by atoms with Crippen LogP contribution in [-0.4, -0.2) is 64.8 Å². The van der Waals surface area contributed by atoms with E-state index in [1.807, 2.05) is 0 Å². The van der Waals surface area contributed by atoms with Crippen LogP contribution in [0.2, 0.25) is 0 Å². The van der Waals surface area contributed by atoms with Crippen LogP contribution in [0.5, 0.6) is 5.75 Å². The Labute approximate surface area is 169 Å².